The van der Waals surface area contributed by atoms with Gasteiger partial charge in [-0.2, -0.15) is 9.61 Å². The molecule has 108 valence electrons. The predicted molar refractivity (Wildman–Crippen MR) is 68.9 cm³/mol. The largest absolute Gasteiger partial charge is 0.350 e. The molecule has 2 aromatic heterocycles. The van der Waals surface area contributed by atoms with Gasteiger partial charge in [-0.15, -0.1) is 0 Å². The molecule has 1 saturated heterocycles. The Kier molecular flexibility index (Phi) is 2.70. The highest BCUT2D eigenvalue weighted by Crippen LogP contribution is 2.44. The Morgan fingerprint density at radius 3 is 2.60 bits per heavy atom. The molecule has 20 heavy (non-hydrogen) atoms. The molecule has 0 amide bonds. The number of hydrogen-bond donors (Lipinski definition) is 0. The van der Waals surface area contributed by atoms with Gasteiger partial charge in [-0.05, 0) is 0 Å². The van der Waals surface area contributed by atoms with Gasteiger partial charge in [0.2, 0.25) is 0 Å². The van der Waals surface area contributed by atoms with Crippen molar-refractivity contribution in [2.75, 3.05) is 18.0 Å². The van der Waals surface area contributed by atoms with Crippen molar-refractivity contribution < 1.29 is 13.2 Å². The van der Waals surface area contributed by atoms with Gasteiger partial charge in [0.05, 0.1) is 12.7 Å². The summed E-state index contributed by atoms with van der Waals surface area (Å²) in [6.07, 6.45) is 0.988. The number of aromatic nitrogens is 3. The van der Waals surface area contributed by atoms with E-state index in [9.17, 15) is 13.2 Å². The first-order valence-corrected chi connectivity index (χ1v) is 6.42. The summed E-state index contributed by atoms with van der Waals surface area (Å²) < 4.78 is 42.7. The van der Waals surface area contributed by atoms with Crippen molar-refractivity contribution in [3.8, 4) is 0 Å². The molecule has 0 saturated carbocycles. The molecule has 8 heteroatoms. The van der Waals surface area contributed by atoms with Gasteiger partial charge in [0.1, 0.15) is 11.0 Å². The minimum absolute atomic E-state index is 0.0416. The van der Waals surface area contributed by atoms with Crippen LogP contribution in [-0.2, 0) is 0 Å². The summed E-state index contributed by atoms with van der Waals surface area (Å²) in [5.41, 5.74) is -1.25. The smallest absolute Gasteiger partial charge is 0.271 e. The van der Waals surface area contributed by atoms with E-state index >= 15 is 0 Å². The van der Waals surface area contributed by atoms with Crippen molar-refractivity contribution in [1.29, 1.82) is 0 Å². The molecule has 0 spiro atoms. The Morgan fingerprint density at radius 1 is 1.30 bits per heavy atom. The number of fused-ring (bicyclic) bond motifs is 1. The van der Waals surface area contributed by atoms with Crippen molar-refractivity contribution >= 4 is 23.1 Å². The standard InChI is InChI=1S/C12H12ClF3N4/c1-11(2)5-19(6-12(11,15)16)9-3-8(13)18-10-7(14)4-17-20(9)10/h3-4H,5-6H2,1-2H3. The van der Waals surface area contributed by atoms with E-state index in [1.54, 1.807) is 0 Å². The second-order valence-electron chi connectivity index (χ2n) is 5.61. The van der Waals surface area contributed by atoms with Crippen LogP contribution in [-0.4, -0.2) is 33.6 Å². The molecule has 0 unspecified atom stereocenters. The maximum Gasteiger partial charge on any atom is 0.271 e. The van der Waals surface area contributed by atoms with E-state index < -0.39 is 23.7 Å². The van der Waals surface area contributed by atoms with Crippen molar-refractivity contribution in [3.05, 3.63) is 23.2 Å². The first-order valence-electron chi connectivity index (χ1n) is 6.04. The van der Waals surface area contributed by atoms with E-state index in [-0.39, 0.29) is 17.3 Å². The summed E-state index contributed by atoms with van der Waals surface area (Å²) in [5, 5.41) is 3.87. The van der Waals surface area contributed by atoms with Crippen LogP contribution in [0.1, 0.15) is 13.8 Å². The van der Waals surface area contributed by atoms with E-state index in [1.165, 1.54) is 29.3 Å². The second-order valence-corrected chi connectivity index (χ2v) is 6.00. The fourth-order valence-electron chi connectivity index (χ4n) is 2.38. The zero-order valence-electron chi connectivity index (χ0n) is 10.9. The fourth-order valence-corrected chi connectivity index (χ4v) is 2.56. The van der Waals surface area contributed by atoms with Crippen LogP contribution < -0.4 is 4.90 Å². The maximum absolute atomic E-state index is 14.0. The van der Waals surface area contributed by atoms with E-state index in [1.807, 2.05) is 0 Å². The van der Waals surface area contributed by atoms with Crippen LogP contribution in [0.15, 0.2) is 12.3 Å². The molecule has 3 heterocycles. The third kappa shape index (κ3) is 1.83. The molecular weight excluding hydrogens is 293 g/mol. The Hall–Kier alpha value is -1.50. The number of alkyl halides is 2. The van der Waals surface area contributed by atoms with Crippen LogP contribution in [0.4, 0.5) is 19.0 Å². The maximum atomic E-state index is 14.0. The van der Waals surface area contributed by atoms with Crippen LogP contribution in [0.3, 0.4) is 0 Å². The normalized spacial score (nSPS) is 20.8. The first kappa shape index (κ1) is 13.5. The topological polar surface area (TPSA) is 33.4 Å². The first-order chi connectivity index (χ1) is 9.21. The molecule has 0 atom stereocenters. The molecule has 0 aromatic carbocycles. The summed E-state index contributed by atoms with van der Waals surface area (Å²) >= 11 is 5.84. The van der Waals surface area contributed by atoms with Crippen LogP contribution in [0.25, 0.3) is 5.65 Å². The summed E-state index contributed by atoms with van der Waals surface area (Å²) in [6.45, 7) is 2.65. The summed E-state index contributed by atoms with van der Waals surface area (Å²) in [7, 11) is 0. The Bertz CT molecular complexity index is 667. The van der Waals surface area contributed by atoms with Crippen molar-refractivity contribution in [3.63, 3.8) is 0 Å². The van der Waals surface area contributed by atoms with Crippen molar-refractivity contribution in [1.82, 2.24) is 14.6 Å². The lowest BCUT2D eigenvalue weighted by atomic mass is 9.89. The Labute approximate surface area is 118 Å². The SMILES string of the molecule is CC1(C)CN(c2cc(Cl)nc3c(F)cnn23)CC1(F)F. The summed E-state index contributed by atoms with van der Waals surface area (Å²) in [6, 6.07) is 1.42. The van der Waals surface area contributed by atoms with Crippen LogP contribution in [0.5, 0.6) is 0 Å². The van der Waals surface area contributed by atoms with E-state index in [2.05, 4.69) is 10.1 Å². The molecule has 3 rings (SSSR count). The van der Waals surface area contributed by atoms with E-state index in [4.69, 9.17) is 11.6 Å². The number of anilines is 1. The van der Waals surface area contributed by atoms with Crippen LogP contribution in [0.2, 0.25) is 5.15 Å². The molecular formula is C12H12ClF3N4. The minimum atomic E-state index is -2.85. The van der Waals surface area contributed by atoms with Gasteiger partial charge in [-0.25, -0.2) is 18.2 Å². The number of hydrogen-bond acceptors (Lipinski definition) is 3. The number of rotatable bonds is 1. The van der Waals surface area contributed by atoms with Gasteiger partial charge in [0.15, 0.2) is 11.5 Å². The average molecular weight is 305 g/mol. The predicted octanol–water partition coefficient (Wildman–Crippen LogP) is 3.00. The Morgan fingerprint density at radius 2 is 2.00 bits per heavy atom. The molecule has 0 N–H and O–H groups in total. The lowest BCUT2D eigenvalue weighted by Crippen LogP contribution is -2.34. The van der Waals surface area contributed by atoms with Crippen molar-refractivity contribution in [2.24, 2.45) is 5.41 Å². The molecule has 4 nitrogen and oxygen atoms in total. The second kappa shape index (κ2) is 4.00. The molecule has 0 radical (unpaired) electrons. The molecule has 1 aliphatic rings. The van der Waals surface area contributed by atoms with Gasteiger partial charge in [-0.3, -0.25) is 0 Å². The highest BCUT2D eigenvalue weighted by atomic mass is 35.5. The highest BCUT2D eigenvalue weighted by Gasteiger charge is 2.54. The fraction of sp³-hybridized carbons (Fsp3) is 0.500. The molecule has 0 aliphatic carbocycles. The average Bonchev–Trinajstić information content (AvgIpc) is 2.78. The monoisotopic (exact) mass is 304 g/mol. The molecule has 1 fully saturated rings. The number of halogens is 4. The molecule has 1 aliphatic heterocycles. The lowest BCUT2D eigenvalue weighted by molar-refractivity contribution is -0.0642. The van der Waals surface area contributed by atoms with Gasteiger partial charge in [0.25, 0.3) is 5.92 Å². The minimum Gasteiger partial charge on any atom is -0.350 e. The van der Waals surface area contributed by atoms with E-state index in [0.717, 1.165) is 6.20 Å². The van der Waals surface area contributed by atoms with Crippen LogP contribution in [0, 0.1) is 11.2 Å². The summed E-state index contributed by atoms with van der Waals surface area (Å²) in [5.74, 6) is -3.17. The highest BCUT2D eigenvalue weighted by molar-refractivity contribution is 6.29. The summed E-state index contributed by atoms with van der Waals surface area (Å²) in [4.78, 5) is 5.27. The Balaban J connectivity index is 2.12. The van der Waals surface area contributed by atoms with Crippen LogP contribution >= 0.6 is 11.6 Å². The zero-order valence-corrected chi connectivity index (χ0v) is 11.6. The van der Waals surface area contributed by atoms with Gasteiger partial charge < -0.3 is 4.90 Å². The molecule has 0 bridgehead atoms. The van der Waals surface area contributed by atoms with E-state index in [0.29, 0.717) is 5.82 Å². The molecule has 2 aromatic rings. The number of nitrogens with zero attached hydrogens (tertiary/aromatic N) is 4. The zero-order chi connectivity index (χ0) is 14.7. The van der Waals surface area contributed by atoms with Gasteiger partial charge >= 0.3 is 0 Å². The van der Waals surface area contributed by atoms with Gasteiger partial charge in [0, 0.05) is 18.0 Å². The van der Waals surface area contributed by atoms with Gasteiger partial charge in [-0.1, -0.05) is 25.4 Å². The third-order valence-corrected chi connectivity index (χ3v) is 3.86. The van der Waals surface area contributed by atoms with Crippen molar-refractivity contribution in [2.45, 2.75) is 19.8 Å². The third-order valence-electron chi connectivity index (χ3n) is 3.67. The lowest BCUT2D eigenvalue weighted by Gasteiger charge is -2.24. The quantitative estimate of drug-likeness (QED) is 0.759.